The number of allylic oxidation sites excluding steroid dienone is 1. The predicted molar refractivity (Wildman–Crippen MR) is 66.6 cm³/mol. The molecule has 1 aliphatic heterocycles. The van der Waals surface area contributed by atoms with Gasteiger partial charge in [0.1, 0.15) is 6.04 Å². The third-order valence-corrected chi connectivity index (χ3v) is 2.85. The summed E-state index contributed by atoms with van der Waals surface area (Å²) >= 11 is 0. The minimum absolute atomic E-state index is 0. The number of amides is 1. The van der Waals surface area contributed by atoms with Crippen molar-refractivity contribution in [3.63, 3.8) is 0 Å². The van der Waals surface area contributed by atoms with Crippen molar-refractivity contribution in [1.82, 2.24) is 4.90 Å². The first kappa shape index (κ1) is 15.4. The zero-order valence-electron chi connectivity index (χ0n) is 9.72. The Bertz CT molecular complexity index is 228. The first-order valence-corrected chi connectivity index (χ1v) is 5.35. The second kappa shape index (κ2) is 7.65. The van der Waals surface area contributed by atoms with Crippen LogP contribution in [-0.2, 0) is 9.53 Å². The number of likely N-dealkylation sites (tertiary alicyclic amines) is 1. The first-order valence-electron chi connectivity index (χ1n) is 5.35. The third-order valence-electron chi connectivity index (χ3n) is 2.85. The lowest BCUT2D eigenvalue weighted by molar-refractivity contribution is -0.134. The molecule has 5 heteroatoms. The predicted octanol–water partition coefficient (Wildman–Crippen LogP) is 0.807. The zero-order valence-corrected chi connectivity index (χ0v) is 10.5. The van der Waals surface area contributed by atoms with Crippen molar-refractivity contribution in [1.29, 1.82) is 0 Å². The number of methoxy groups -OCH3 is 1. The van der Waals surface area contributed by atoms with Gasteiger partial charge in [0, 0.05) is 20.2 Å². The molecule has 16 heavy (non-hydrogen) atoms. The van der Waals surface area contributed by atoms with Crippen LogP contribution in [0.15, 0.2) is 12.7 Å². The summed E-state index contributed by atoms with van der Waals surface area (Å²) in [5.41, 5.74) is 5.69. The van der Waals surface area contributed by atoms with E-state index < -0.39 is 6.04 Å². The molecule has 1 amide bonds. The van der Waals surface area contributed by atoms with Crippen LogP contribution in [0.3, 0.4) is 0 Å². The molecular formula is C11H21ClN2O2. The molecule has 1 unspecified atom stereocenters. The zero-order chi connectivity index (χ0) is 11.3. The maximum atomic E-state index is 11.8. The fourth-order valence-electron chi connectivity index (χ4n) is 1.84. The molecule has 0 aromatic carbocycles. The second-order valence-electron chi connectivity index (χ2n) is 3.96. The lowest BCUT2D eigenvalue weighted by atomic mass is 9.97. The van der Waals surface area contributed by atoms with Gasteiger partial charge in [-0.05, 0) is 18.8 Å². The second-order valence-corrected chi connectivity index (χ2v) is 3.96. The van der Waals surface area contributed by atoms with Crippen LogP contribution in [0.5, 0.6) is 0 Å². The van der Waals surface area contributed by atoms with E-state index in [1.165, 1.54) is 0 Å². The highest BCUT2D eigenvalue weighted by Gasteiger charge is 2.24. The molecule has 0 bridgehead atoms. The van der Waals surface area contributed by atoms with E-state index in [4.69, 9.17) is 10.5 Å². The molecule has 4 nitrogen and oxygen atoms in total. The van der Waals surface area contributed by atoms with Gasteiger partial charge in [0.25, 0.3) is 0 Å². The Morgan fingerprint density at radius 1 is 1.62 bits per heavy atom. The molecular weight excluding hydrogens is 228 g/mol. The summed E-state index contributed by atoms with van der Waals surface area (Å²) in [6.45, 7) is 5.63. The van der Waals surface area contributed by atoms with Crippen molar-refractivity contribution in [3.8, 4) is 0 Å². The number of piperidine rings is 1. The van der Waals surface area contributed by atoms with Crippen LogP contribution >= 0.6 is 12.4 Å². The van der Waals surface area contributed by atoms with Gasteiger partial charge in [-0.15, -0.1) is 19.0 Å². The number of ether oxygens (including phenoxy) is 1. The van der Waals surface area contributed by atoms with Crippen molar-refractivity contribution in [2.45, 2.75) is 18.9 Å². The van der Waals surface area contributed by atoms with E-state index in [0.717, 1.165) is 25.9 Å². The molecule has 0 aliphatic carbocycles. The highest BCUT2D eigenvalue weighted by molar-refractivity contribution is 5.85. The summed E-state index contributed by atoms with van der Waals surface area (Å²) in [6, 6.07) is -0.518. The van der Waals surface area contributed by atoms with E-state index in [1.807, 2.05) is 11.0 Å². The van der Waals surface area contributed by atoms with E-state index >= 15 is 0 Å². The van der Waals surface area contributed by atoms with E-state index in [2.05, 4.69) is 6.58 Å². The van der Waals surface area contributed by atoms with Gasteiger partial charge in [-0.25, -0.2) is 0 Å². The lowest BCUT2D eigenvalue weighted by Gasteiger charge is -2.32. The van der Waals surface area contributed by atoms with Crippen LogP contribution < -0.4 is 5.73 Å². The molecule has 1 saturated heterocycles. The maximum absolute atomic E-state index is 11.8. The Morgan fingerprint density at radius 3 is 2.62 bits per heavy atom. The summed E-state index contributed by atoms with van der Waals surface area (Å²) in [5, 5.41) is 0. The maximum Gasteiger partial charge on any atom is 0.241 e. The van der Waals surface area contributed by atoms with Crippen molar-refractivity contribution >= 4 is 18.3 Å². The molecule has 1 heterocycles. The number of hydrogen-bond donors (Lipinski definition) is 1. The minimum Gasteiger partial charge on any atom is -0.383 e. The Labute approximate surface area is 103 Å². The van der Waals surface area contributed by atoms with Gasteiger partial charge in [0.15, 0.2) is 0 Å². The Morgan fingerprint density at radius 2 is 2.19 bits per heavy atom. The molecule has 0 aromatic rings. The minimum atomic E-state index is -0.518. The van der Waals surface area contributed by atoms with Crippen LogP contribution in [0.1, 0.15) is 12.8 Å². The number of nitrogens with two attached hydrogens (primary N) is 1. The van der Waals surface area contributed by atoms with Gasteiger partial charge in [-0.2, -0.15) is 0 Å². The standard InChI is InChI=1S/C11H20N2O2.ClH/c1-3-9-4-6-13(7-5-9)11(14)10(12)8-15-2;/h3,9-10H,1,4-8,12H2,2H3;1H. The van der Waals surface area contributed by atoms with Crippen LogP contribution in [-0.4, -0.2) is 43.7 Å². The Balaban J connectivity index is 0.00000225. The van der Waals surface area contributed by atoms with Crippen LogP contribution in [0.4, 0.5) is 0 Å². The van der Waals surface area contributed by atoms with Crippen LogP contribution in [0.25, 0.3) is 0 Å². The Kier molecular flexibility index (Phi) is 7.38. The van der Waals surface area contributed by atoms with Crippen LogP contribution in [0, 0.1) is 5.92 Å². The SMILES string of the molecule is C=CC1CCN(C(=O)C(N)COC)CC1.Cl. The van der Waals surface area contributed by atoms with E-state index in [0.29, 0.717) is 12.5 Å². The van der Waals surface area contributed by atoms with Gasteiger partial charge in [-0.3, -0.25) is 4.79 Å². The quantitative estimate of drug-likeness (QED) is 0.749. The molecule has 1 fully saturated rings. The summed E-state index contributed by atoms with van der Waals surface area (Å²) in [5.74, 6) is 0.548. The number of carbonyl (C=O) groups is 1. The molecule has 1 rings (SSSR count). The smallest absolute Gasteiger partial charge is 0.241 e. The molecule has 2 N–H and O–H groups in total. The molecule has 0 saturated carbocycles. The summed E-state index contributed by atoms with van der Waals surface area (Å²) in [6.07, 6.45) is 3.96. The number of halogens is 1. The molecule has 0 aromatic heterocycles. The van der Waals surface area contributed by atoms with Gasteiger partial charge in [-0.1, -0.05) is 6.08 Å². The van der Waals surface area contributed by atoms with Crippen molar-refractivity contribution < 1.29 is 9.53 Å². The Hall–Kier alpha value is -0.580. The van der Waals surface area contributed by atoms with Gasteiger partial charge >= 0.3 is 0 Å². The number of carbonyl (C=O) groups excluding carboxylic acids is 1. The average Bonchev–Trinajstić information content (AvgIpc) is 2.28. The molecule has 0 radical (unpaired) electrons. The summed E-state index contributed by atoms with van der Waals surface area (Å²) in [7, 11) is 1.55. The summed E-state index contributed by atoms with van der Waals surface area (Å²) < 4.78 is 4.87. The molecule has 0 spiro atoms. The van der Waals surface area contributed by atoms with Crippen molar-refractivity contribution in [2.24, 2.45) is 11.7 Å². The van der Waals surface area contributed by atoms with E-state index in [-0.39, 0.29) is 18.3 Å². The topological polar surface area (TPSA) is 55.6 Å². The summed E-state index contributed by atoms with van der Waals surface area (Å²) in [4.78, 5) is 13.6. The molecule has 1 atom stereocenters. The number of nitrogens with zero attached hydrogens (tertiary/aromatic N) is 1. The van der Waals surface area contributed by atoms with Gasteiger partial charge in [0.2, 0.25) is 5.91 Å². The highest BCUT2D eigenvalue weighted by Crippen LogP contribution is 2.18. The molecule has 94 valence electrons. The van der Waals surface area contributed by atoms with Crippen molar-refractivity contribution in [3.05, 3.63) is 12.7 Å². The fraction of sp³-hybridized carbons (Fsp3) is 0.727. The number of rotatable bonds is 4. The largest absolute Gasteiger partial charge is 0.383 e. The lowest BCUT2D eigenvalue weighted by Crippen LogP contribution is -2.48. The van der Waals surface area contributed by atoms with Gasteiger partial charge in [0.05, 0.1) is 6.61 Å². The monoisotopic (exact) mass is 248 g/mol. The third kappa shape index (κ3) is 4.12. The van der Waals surface area contributed by atoms with E-state index in [1.54, 1.807) is 7.11 Å². The van der Waals surface area contributed by atoms with Crippen LogP contribution in [0.2, 0.25) is 0 Å². The fourth-order valence-corrected chi connectivity index (χ4v) is 1.84. The van der Waals surface area contributed by atoms with E-state index in [9.17, 15) is 4.79 Å². The van der Waals surface area contributed by atoms with Crippen molar-refractivity contribution in [2.75, 3.05) is 26.8 Å². The first-order chi connectivity index (χ1) is 7.19. The number of hydrogen-bond acceptors (Lipinski definition) is 3. The van der Waals surface area contributed by atoms with Gasteiger partial charge < -0.3 is 15.4 Å². The molecule has 1 aliphatic rings. The average molecular weight is 249 g/mol. The highest BCUT2D eigenvalue weighted by atomic mass is 35.5. The normalized spacial score (nSPS) is 18.8.